The van der Waals surface area contributed by atoms with Gasteiger partial charge in [-0.1, -0.05) is 13.3 Å². The Kier molecular flexibility index (Phi) is 4.74. The normalized spacial score (nSPS) is 14.3. The Labute approximate surface area is 99.9 Å². The maximum absolute atomic E-state index is 13.3. The highest BCUT2D eigenvalue weighted by atomic mass is 32.2. The molecule has 0 radical (unpaired) electrons. The second-order valence-electron chi connectivity index (χ2n) is 3.49. The molecule has 0 heterocycles. The molecule has 2 atom stereocenters. The Morgan fingerprint density at radius 3 is 2.65 bits per heavy atom. The van der Waals surface area contributed by atoms with Gasteiger partial charge in [0.05, 0.1) is 15.7 Å². The minimum Gasteiger partial charge on any atom is -0.480 e. The summed E-state index contributed by atoms with van der Waals surface area (Å²) in [5, 5.41) is 7.68. The molecule has 0 saturated heterocycles. The average Bonchev–Trinajstić information content (AvgIpc) is 2.28. The summed E-state index contributed by atoms with van der Waals surface area (Å²) >= 11 is 0. The van der Waals surface area contributed by atoms with Crippen molar-refractivity contribution in [1.82, 2.24) is 0 Å². The summed E-state index contributed by atoms with van der Waals surface area (Å²) in [6.45, 7) is 1.73. The topological polar surface area (TPSA) is 54.4 Å². The summed E-state index contributed by atoms with van der Waals surface area (Å²) in [7, 11) is -2.09. The molecule has 1 rings (SSSR count). The molecule has 1 aromatic carbocycles. The number of rotatable bonds is 5. The van der Waals surface area contributed by atoms with E-state index in [4.69, 9.17) is 5.11 Å². The van der Waals surface area contributed by atoms with E-state index in [1.165, 1.54) is 0 Å². The first-order chi connectivity index (χ1) is 7.97. The fraction of sp³-hybridized carbons (Fsp3) is 0.364. The number of hydrogen-bond acceptors (Lipinski definition) is 2. The molecule has 0 fully saturated rings. The highest BCUT2D eigenvalue weighted by molar-refractivity contribution is 7.86. The number of carbonyl (C=O) groups is 1. The van der Waals surface area contributed by atoms with E-state index < -0.39 is 38.5 Å². The van der Waals surface area contributed by atoms with E-state index in [0.29, 0.717) is 6.42 Å². The van der Waals surface area contributed by atoms with Gasteiger partial charge in [-0.15, -0.1) is 0 Å². The number of halogens is 2. The molecule has 1 N–H and O–H groups in total. The third kappa shape index (κ3) is 3.33. The number of carboxylic acids is 1. The van der Waals surface area contributed by atoms with Crippen LogP contribution in [0.5, 0.6) is 0 Å². The Balaban J connectivity index is 3.09. The van der Waals surface area contributed by atoms with Crippen LogP contribution in [-0.4, -0.2) is 20.5 Å². The molecule has 0 aliphatic rings. The molecule has 3 nitrogen and oxygen atoms in total. The second-order valence-corrected chi connectivity index (χ2v) is 5.09. The first kappa shape index (κ1) is 13.8. The summed E-state index contributed by atoms with van der Waals surface area (Å²) in [4.78, 5) is 10.5. The van der Waals surface area contributed by atoms with Crippen molar-refractivity contribution in [1.29, 1.82) is 0 Å². The van der Waals surface area contributed by atoms with Crippen molar-refractivity contribution in [2.45, 2.75) is 29.9 Å². The molecule has 0 aliphatic heterocycles. The van der Waals surface area contributed by atoms with Gasteiger partial charge in [0.15, 0.2) is 0 Å². The van der Waals surface area contributed by atoms with Crippen LogP contribution >= 0.6 is 0 Å². The van der Waals surface area contributed by atoms with Crippen molar-refractivity contribution in [2.75, 3.05) is 0 Å². The average molecular weight is 262 g/mol. The maximum atomic E-state index is 13.3. The zero-order chi connectivity index (χ0) is 13.0. The van der Waals surface area contributed by atoms with Gasteiger partial charge >= 0.3 is 5.97 Å². The van der Waals surface area contributed by atoms with Crippen molar-refractivity contribution in [3.63, 3.8) is 0 Å². The number of benzene rings is 1. The molecule has 94 valence electrons. The van der Waals surface area contributed by atoms with Crippen LogP contribution in [0.1, 0.15) is 19.8 Å². The molecule has 0 aromatic heterocycles. The lowest BCUT2D eigenvalue weighted by Gasteiger charge is -2.11. The molecule has 1 aromatic rings. The van der Waals surface area contributed by atoms with Gasteiger partial charge < -0.3 is 5.11 Å². The van der Waals surface area contributed by atoms with Gasteiger partial charge in [0.2, 0.25) is 0 Å². The Bertz CT molecular complexity index is 448. The first-order valence-corrected chi connectivity index (χ1v) is 6.27. The van der Waals surface area contributed by atoms with Gasteiger partial charge in [0.25, 0.3) is 0 Å². The molecule has 6 heteroatoms. The molecule has 0 spiro atoms. The fourth-order valence-electron chi connectivity index (χ4n) is 1.37. The maximum Gasteiger partial charge on any atom is 0.319 e. The lowest BCUT2D eigenvalue weighted by atomic mass is 10.2. The highest BCUT2D eigenvalue weighted by Crippen LogP contribution is 2.19. The SMILES string of the molecule is CCCC(C(=O)O)S(=O)c1cc(F)ccc1F. The van der Waals surface area contributed by atoms with Crippen LogP contribution in [-0.2, 0) is 15.6 Å². The van der Waals surface area contributed by atoms with Crippen LogP contribution in [0.25, 0.3) is 0 Å². The third-order valence-electron chi connectivity index (χ3n) is 2.19. The van der Waals surface area contributed by atoms with E-state index in [1.54, 1.807) is 6.92 Å². The second kappa shape index (κ2) is 5.86. The number of aliphatic carboxylic acids is 1. The van der Waals surface area contributed by atoms with Gasteiger partial charge in [0.1, 0.15) is 16.9 Å². The summed E-state index contributed by atoms with van der Waals surface area (Å²) in [6.07, 6.45) is 0.650. The zero-order valence-corrected chi connectivity index (χ0v) is 9.97. The van der Waals surface area contributed by atoms with Crippen LogP contribution in [0.2, 0.25) is 0 Å². The lowest BCUT2D eigenvalue weighted by Crippen LogP contribution is -2.26. The lowest BCUT2D eigenvalue weighted by molar-refractivity contribution is -0.136. The molecule has 0 saturated carbocycles. The Morgan fingerprint density at radius 2 is 2.12 bits per heavy atom. The predicted molar refractivity (Wildman–Crippen MR) is 59.1 cm³/mol. The minimum absolute atomic E-state index is 0.151. The van der Waals surface area contributed by atoms with Crippen LogP contribution in [0.3, 0.4) is 0 Å². The molecule has 2 unspecified atom stereocenters. The van der Waals surface area contributed by atoms with Crippen molar-refractivity contribution >= 4 is 16.8 Å². The van der Waals surface area contributed by atoms with E-state index in [-0.39, 0.29) is 6.42 Å². The summed E-state index contributed by atoms with van der Waals surface area (Å²) in [6, 6.07) is 2.51. The van der Waals surface area contributed by atoms with Crippen LogP contribution in [0.4, 0.5) is 8.78 Å². The number of hydrogen-bond donors (Lipinski definition) is 1. The largest absolute Gasteiger partial charge is 0.480 e. The Morgan fingerprint density at radius 1 is 1.47 bits per heavy atom. The van der Waals surface area contributed by atoms with Crippen molar-refractivity contribution in [3.8, 4) is 0 Å². The van der Waals surface area contributed by atoms with Crippen LogP contribution in [0.15, 0.2) is 23.1 Å². The van der Waals surface area contributed by atoms with E-state index in [2.05, 4.69) is 0 Å². The number of carboxylic acid groups (broad SMARTS) is 1. The molecule has 0 aliphatic carbocycles. The fourth-order valence-corrected chi connectivity index (χ4v) is 2.80. The van der Waals surface area contributed by atoms with Gasteiger partial charge in [-0.25, -0.2) is 8.78 Å². The summed E-state index contributed by atoms with van der Waals surface area (Å²) < 4.78 is 38.1. The third-order valence-corrected chi connectivity index (χ3v) is 3.90. The molecule has 17 heavy (non-hydrogen) atoms. The summed E-state index contributed by atoms with van der Waals surface area (Å²) in [5.41, 5.74) is 0. The first-order valence-electron chi connectivity index (χ1n) is 5.05. The van der Waals surface area contributed by atoms with E-state index >= 15 is 0 Å². The van der Waals surface area contributed by atoms with E-state index in [9.17, 15) is 17.8 Å². The van der Waals surface area contributed by atoms with E-state index in [0.717, 1.165) is 18.2 Å². The Hall–Kier alpha value is -1.30. The van der Waals surface area contributed by atoms with Gasteiger partial charge in [-0.05, 0) is 24.6 Å². The molecule has 0 amide bonds. The molecular weight excluding hydrogens is 250 g/mol. The van der Waals surface area contributed by atoms with E-state index in [1.807, 2.05) is 0 Å². The smallest absolute Gasteiger partial charge is 0.319 e. The van der Waals surface area contributed by atoms with Crippen LogP contribution < -0.4 is 0 Å². The van der Waals surface area contributed by atoms with Crippen LogP contribution in [0, 0.1) is 11.6 Å². The summed E-state index contributed by atoms with van der Waals surface area (Å²) in [5.74, 6) is -2.86. The van der Waals surface area contributed by atoms with Crippen molar-refractivity contribution in [2.24, 2.45) is 0 Å². The highest BCUT2D eigenvalue weighted by Gasteiger charge is 2.27. The quantitative estimate of drug-likeness (QED) is 0.886. The van der Waals surface area contributed by atoms with Crippen molar-refractivity contribution < 1.29 is 22.9 Å². The van der Waals surface area contributed by atoms with Crippen molar-refractivity contribution in [3.05, 3.63) is 29.8 Å². The monoisotopic (exact) mass is 262 g/mol. The predicted octanol–water partition coefficient (Wildman–Crippen LogP) is 2.33. The molecular formula is C11H12F2O3S. The van der Waals surface area contributed by atoms with Gasteiger partial charge in [-0.3, -0.25) is 9.00 Å². The molecule has 0 bridgehead atoms. The zero-order valence-electron chi connectivity index (χ0n) is 9.15. The van der Waals surface area contributed by atoms with Gasteiger partial charge in [0, 0.05) is 0 Å². The van der Waals surface area contributed by atoms with Gasteiger partial charge in [-0.2, -0.15) is 0 Å². The minimum atomic E-state index is -2.09. The standard InChI is InChI=1S/C11H12F2O3S/c1-2-3-9(11(14)15)17(16)10-6-7(12)4-5-8(10)13/h4-6,9H,2-3H2,1H3,(H,14,15).